The predicted octanol–water partition coefficient (Wildman–Crippen LogP) is 13.6. The molecule has 2 heterocycles. The van der Waals surface area contributed by atoms with Crippen LogP contribution >= 0.6 is 23.2 Å². The average molecular weight is 1090 g/mol. The lowest BCUT2D eigenvalue weighted by Crippen LogP contribution is -2.43. The summed E-state index contributed by atoms with van der Waals surface area (Å²) < 4.78 is 56.9. The van der Waals surface area contributed by atoms with Gasteiger partial charge in [-0.15, -0.1) is 0 Å². The highest BCUT2D eigenvalue weighted by atomic mass is 35.5. The molecular weight excluding hydrogens is 1020 g/mol. The highest BCUT2D eigenvalue weighted by molar-refractivity contribution is 6.74. The van der Waals surface area contributed by atoms with E-state index in [9.17, 15) is 38.2 Å². The molecule has 0 bridgehead atoms. The van der Waals surface area contributed by atoms with Crippen LogP contribution in [0.2, 0.25) is 28.2 Å². The zero-order valence-electron chi connectivity index (χ0n) is 45.6. The van der Waals surface area contributed by atoms with Gasteiger partial charge in [-0.05, 0) is 108 Å². The molecule has 2 N–H and O–H groups in total. The minimum absolute atomic E-state index is 0.00186. The number of benzene rings is 4. The van der Waals surface area contributed by atoms with Gasteiger partial charge < -0.3 is 38.0 Å². The lowest BCUT2D eigenvalue weighted by Gasteiger charge is -2.41. The smallest absolute Gasteiger partial charge is 0.343 e. The molecule has 6 rings (SSSR count). The number of pyridine rings is 2. The first-order valence-electron chi connectivity index (χ1n) is 25.1. The molecule has 0 saturated heterocycles. The van der Waals surface area contributed by atoms with Crippen molar-refractivity contribution in [3.8, 4) is 11.5 Å². The summed E-state index contributed by atoms with van der Waals surface area (Å²) >= 11 is 12.0. The molecule has 0 amide bonds. The Balaban J connectivity index is 0.000000285. The van der Waals surface area contributed by atoms with Gasteiger partial charge in [0.15, 0.2) is 8.32 Å². The number of fused-ring (bicyclic) bond motifs is 2. The molecule has 12 nitrogen and oxygen atoms in total. The summed E-state index contributed by atoms with van der Waals surface area (Å²) in [5.41, 5.74) is 0.472. The second-order valence-electron chi connectivity index (χ2n) is 22.2. The van der Waals surface area contributed by atoms with Crippen molar-refractivity contribution in [1.82, 2.24) is 9.13 Å². The lowest BCUT2D eigenvalue weighted by atomic mass is 9.86. The molecular formula is C58H72Cl2F2N2O10Si. The quantitative estimate of drug-likeness (QED) is 0.0666. The molecule has 2 aromatic heterocycles. The minimum atomic E-state index is -2.14. The molecule has 0 radical (unpaired) electrons. The van der Waals surface area contributed by atoms with E-state index in [1.807, 2.05) is 38.3 Å². The first kappa shape index (κ1) is 60.3. The summed E-state index contributed by atoms with van der Waals surface area (Å²) in [4.78, 5) is 52.0. The van der Waals surface area contributed by atoms with Crippen LogP contribution in [0.25, 0.3) is 21.8 Å². The lowest BCUT2D eigenvalue weighted by molar-refractivity contribution is 0.0522. The summed E-state index contributed by atoms with van der Waals surface area (Å²) in [5.74, 6) is -2.30. The number of carboxylic acid groups (broad SMARTS) is 1. The van der Waals surface area contributed by atoms with Crippen LogP contribution in [0, 0.1) is 22.5 Å². The third kappa shape index (κ3) is 13.7. The van der Waals surface area contributed by atoms with Crippen LogP contribution in [0.5, 0.6) is 11.5 Å². The molecule has 0 saturated carbocycles. The van der Waals surface area contributed by atoms with Crippen molar-refractivity contribution in [1.29, 1.82) is 0 Å². The standard InChI is InChI=1S/C33H45ClFNO5Si.C25H27ClFNO5/c1-11-39-26-18-21(16-22-14-13-15-25(34)28(22)35)17-23-29(26)36(19-24(30(23)37)31(38)40-12-2)27(32(3,4)5)20-41-42(9,10)33(6,7)8;1-5-33-19-11-14(9-15-7-6-8-18(26)21(15)27)10-16-22(19)28(20(13-29)25(2,3)4)12-17(23(16)30)24(31)32/h13-15,17-19,27H,11-12,16,20H2,1-10H3;6-8,10-12,20,29H,5,9,13H2,1-4H3,(H,31,32)/t27-;20-/m11/s1. The molecule has 0 aliphatic carbocycles. The van der Waals surface area contributed by atoms with Gasteiger partial charge in [-0.1, -0.05) is 110 Å². The number of esters is 1. The zero-order chi connectivity index (χ0) is 56.1. The van der Waals surface area contributed by atoms with E-state index in [2.05, 4.69) is 54.6 Å². The average Bonchev–Trinajstić information content (AvgIpc) is 3.30. The fraction of sp³-hybridized carbons (Fsp3) is 0.448. The Morgan fingerprint density at radius 3 is 1.48 bits per heavy atom. The Morgan fingerprint density at radius 1 is 0.667 bits per heavy atom. The second-order valence-corrected chi connectivity index (χ2v) is 27.9. The van der Waals surface area contributed by atoms with Crippen molar-refractivity contribution in [2.75, 3.05) is 33.0 Å². The first-order chi connectivity index (χ1) is 34.9. The number of nitrogens with zero attached hydrogens (tertiary/aromatic N) is 2. The van der Waals surface area contributed by atoms with Gasteiger partial charge in [0, 0.05) is 25.2 Å². The van der Waals surface area contributed by atoms with Crippen LogP contribution in [0.3, 0.4) is 0 Å². The Bertz CT molecular complexity index is 3190. The van der Waals surface area contributed by atoms with Gasteiger partial charge >= 0.3 is 11.9 Å². The number of carbonyl (C=O) groups is 2. The molecule has 0 unspecified atom stereocenters. The molecule has 6 aromatic rings. The van der Waals surface area contributed by atoms with Gasteiger partial charge in [0.05, 0.1) is 77.0 Å². The van der Waals surface area contributed by atoms with Gasteiger partial charge in [0.2, 0.25) is 10.9 Å². The molecule has 2 atom stereocenters. The molecule has 0 spiro atoms. The highest BCUT2D eigenvalue weighted by Crippen LogP contribution is 2.42. The number of aliphatic hydroxyl groups excluding tert-OH is 1. The van der Waals surface area contributed by atoms with Crippen molar-refractivity contribution in [3.63, 3.8) is 0 Å². The van der Waals surface area contributed by atoms with Gasteiger partial charge in [0.25, 0.3) is 0 Å². The highest BCUT2D eigenvalue weighted by Gasteiger charge is 2.40. The van der Waals surface area contributed by atoms with E-state index in [4.69, 9.17) is 41.8 Å². The fourth-order valence-electron chi connectivity index (χ4n) is 8.60. The zero-order valence-corrected chi connectivity index (χ0v) is 48.1. The van der Waals surface area contributed by atoms with Crippen LogP contribution < -0.4 is 20.3 Å². The third-order valence-electron chi connectivity index (χ3n) is 13.7. The number of carbonyl (C=O) groups excluding carboxylic acids is 1. The number of aliphatic hydroxyl groups is 1. The third-order valence-corrected chi connectivity index (χ3v) is 18.8. The van der Waals surface area contributed by atoms with E-state index in [1.54, 1.807) is 67.1 Å². The molecule has 0 fully saturated rings. The van der Waals surface area contributed by atoms with E-state index in [0.29, 0.717) is 63.4 Å². The number of ether oxygens (including phenoxy) is 3. The van der Waals surface area contributed by atoms with Crippen molar-refractivity contribution in [2.24, 2.45) is 10.8 Å². The summed E-state index contributed by atoms with van der Waals surface area (Å²) in [6.07, 6.45) is 3.16. The van der Waals surface area contributed by atoms with Crippen molar-refractivity contribution in [2.45, 2.75) is 126 Å². The Hall–Kier alpha value is -5.58. The van der Waals surface area contributed by atoms with Crippen LogP contribution in [-0.2, 0) is 22.0 Å². The largest absolute Gasteiger partial charge is 0.492 e. The van der Waals surface area contributed by atoms with Crippen LogP contribution in [-0.4, -0.2) is 72.6 Å². The van der Waals surface area contributed by atoms with Gasteiger partial charge in [-0.25, -0.2) is 18.4 Å². The maximum Gasteiger partial charge on any atom is 0.343 e. The van der Waals surface area contributed by atoms with Gasteiger partial charge in [0.1, 0.15) is 34.3 Å². The summed E-state index contributed by atoms with van der Waals surface area (Å²) in [6.45, 7) is 29.3. The predicted molar refractivity (Wildman–Crippen MR) is 297 cm³/mol. The number of carboxylic acids is 1. The van der Waals surface area contributed by atoms with E-state index >= 15 is 0 Å². The normalized spacial score (nSPS) is 13.1. The summed E-state index contributed by atoms with van der Waals surface area (Å²) in [6, 6.07) is 15.5. The maximum atomic E-state index is 14.8. The van der Waals surface area contributed by atoms with E-state index in [0.717, 1.165) is 0 Å². The molecule has 75 heavy (non-hydrogen) atoms. The van der Waals surface area contributed by atoms with E-state index < -0.39 is 59.8 Å². The van der Waals surface area contributed by atoms with Gasteiger partial charge in [-0.2, -0.15) is 0 Å². The number of aromatic carboxylic acids is 1. The number of halogens is 4. The number of rotatable bonds is 17. The second kappa shape index (κ2) is 24.2. The van der Waals surface area contributed by atoms with Crippen molar-refractivity contribution in [3.05, 3.63) is 149 Å². The Kier molecular flexibility index (Phi) is 19.4. The van der Waals surface area contributed by atoms with Crippen molar-refractivity contribution >= 4 is 65.3 Å². The SMILES string of the molecule is CCOC(=O)c1cn([C@H](CO[Si](C)(C)C(C)(C)C)C(C)(C)C)c2c(OCC)cc(Cc3cccc(Cl)c3F)cc2c1=O.CCOc1cc(Cc2cccc(Cl)c2F)cc2c(=O)c(C(=O)O)cn([C@H](CO)C(C)(C)C)c12. The topological polar surface area (TPSA) is 156 Å². The van der Waals surface area contributed by atoms with Crippen LogP contribution in [0.4, 0.5) is 8.78 Å². The van der Waals surface area contributed by atoms with Crippen LogP contribution in [0.15, 0.2) is 82.6 Å². The van der Waals surface area contributed by atoms with E-state index in [1.165, 1.54) is 18.3 Å². The van der Waals surface area contributed by atoms with Gasteiger partial charge in [-0.3, -0.25) is 9.59 Å². The van der Waals surface area contributed by atoms with Crippen molar-refractivity contribution < 1.29 is 47.2 Å². The summed E-state index contributed by atoms with van der Waals surface area (Å²) in [7, 11) is -2.14. The molecule has 17 heteroatoms. The molecule has 0 aliphatic heterocycles. The molecule has 4 aromatic carbocycles. The number of hydrogen-bond acceptors (Lipinski definition) is 9. The monoisotopic (exact) mass is 1090 g/mol. The van der Waals surface area contributed by atoms with Crippen LogP contribution in [0.1, 0.15) is 138 Å². The fourth-order valence-corrected chi connectivity index (χ4v) is 9.99. The first-order valence-corrected chi connectivity index (χ1v) is 28.8. The van der Waals surface area contributed by atoms with E-state index in [-0.39, 0.29) is 70.2 Å². The molecule has 0 aliphatic rings. The maximum absolute atomic E-state index is 14.8. The number of aromatic nitrogens is 2. The summed E-state index contributed by atoms with van der Waals surface area (Å²) in [5, 5.41) is 20.3. The Labute approximate surface area is 449 Å². The molecule has 406 valence electrons. The minimum Gasteiger partial charge on any atom is -0.492 e. The number of hydrogen-bond donors (Lipinski definition) is 2. The Morgan fingerprint density at radius 2 is 1.09 bits per heavy atom.